The fourth-order valence-electron chi connectivity index (χ4n) is 7.14. The van der Waals surface area contributed by atoms with Crippen LogP contribution < -0.4 is 25.3 Å². The highest BCUT2D eigenvalue weighted by Crippen LogP contribution is 2.62. The molecule has 0 amide bonds. The first-order valence-corrected chi connectivity index (χ1v) is 14.1. The Hall–Kier alpha value is -2.90. The van der Waals surface area contributed by atoms with Gasteiger partial charge in [-0.2, -0.15) is 0 Å². The van der Waals surface area contributed by atoms with Crippen molar-refractivity contribution in [2.24, 2.45) is 5.73 Å². The highest BCUT2D eigenvalue weighted by molar-refractivity contribution is 7.99. The standard InChI is InChI=1S/C27H31N3O8S/c1-9-4-11-5-13-26(33)30-14-6-36-27(34)12(28)7-39-25(19(30)18(29-13)15(11)21(32)22(9)35-3)17-16(14)24-23(37-8-38-24)10(2)20(17)31/h4,12-14,18-19,25-26,29,31-33H,5-8,28H2,1-3H3/t12?,13?,14-,18?,19?,25+,26-/m0/s1. The molecule has 4 unspecified atom stereocenters. The SMILES string of the molecule is COc1c(C)cc2c(c1O)C1NC(C2)[C@H](O)N2C1[C@@H]1SCC(N)C(=O)OC[C@H]2c2c3c(c(C)c(O)c21)OCO3. The Bertz CT molecular complexity index is 1400. The number of ether oxygens (including phenoxy) is 4. The number of aliphatic hydroxyl groups is 1. The number of piperazine rings is 1. The first kappa shape index (κ1) is 25.1. The van der Waals surface area contributed by atoms with Gasteiger partial charge in [0, 0.05) is 34.0 Å². The summed E-state index contributed by atoms with van der Waals surface area (Å²) in [4.78, 5) is 14.7. The number of benzene rings is 2. The second-order valence-corrected chi connectivity index (χ2v) is 12.0. The normalized spacial score (nSPS) is 32.6. The van der Waals surface area contributed by atoms with Crippen LogP contribution in [0.3, 0.4) is 0 Å². The van der Waals surface area contributed by atoms with Crippen molar-refractivity contribution in [3.8, 4) is 28.7 Å². The minimum absolute atomic E-state index is 0.000436. The van der Waals surface area contributed by atoms with E-state index in [1.165, 1.54) is 18.9 Å². The van der Waals surface area contributed by atoms with Gasteiger partial charge >= 0.3 is 5.97 Å². The van der Waals surface area contributed by atoms with Crippen LogP contribution in [-0.2, 0) is 16.0 Å². The van der Waals surface area contributed by atoms with Crippen molar-refractivity contribution < 1.29 is 39.1 Å². The molecular formula is C27H31N3O8S. The van der Waals surface area contributed by atoms with Crippen molar-refractivity contribution in [1.29, 1.82) is 0 Å². The molecule has 2 aromatic carbocycles. The van der Waals surface area contributed by atoms with Crippen LogP contribution in [0.1, 0.15) is 50.7 Å². The van der Waals surface area contributed by atoms with Crippen LogP contribution in [-0.4, -0.2) is 76.8 Å². The molecule has 39 heavy (non-hydrogen) atoms. The molecule has 5 aliphatic heterocycles. The maximum absolute atomic E-state index is 12.7. The number of carbonyl (C=O) groups is 1. The van der Waals surface area contributed by atoms with Crippen LogP contribution in [0.5, 0.6) is 28.7 Å². The van der Waals surface area contributed by atoms with Crippen LogP contribution in [0.15, 0.2) is 6.07 Å². The van der Waals surface area contributed by atoms with Gasteiger partial charge < -0.3 is 45.3 Å². The summed E-state index contributed by atoms with van der Waals surface area (Å²) in [7, 11) is 1.53. The third-order valence-corrected chi connectivity index (χ3v) is 10.2. The molecule has 5 heterocycles. The van der Waals surface area contributed by atoms with E-state index in [2.05, 4.69) is 5.32 Å². The van der Waals surface area contributed by atoms with Crippen LogP contribution in [0.4, 0.5) is 0 Å². The highest BCUT2D eigenvalue weighted by Gasteiger charge is 2.58. The Morgan fingerprint density at radius 1 is 1.13 bits per heavy atom. The first-order valence-electron chi connectivity index (χ1n) is 13.0. The number of hydrogen-bond donors (Lipinski definition) is 5. The molecule has 7 atom stereocenters. The van der Waals surface area contributed by atoms with Crippen LogP contribution in [0.2, 0.25) is 0 Å². The molecule has 6 N–H and O–H groups in total. The summed E-state index contributed by atoms with van der Waals surface area (Å²) >= 11 is 1.42. The Morgan fingerprint density at radius 2 is 1.90 bits per heavy atom. The largest absolute Gasteiger partial charge is 0.507 e. The molecule has 12 heteroatoms. The van der Waals surface area contributed by atoms with Crippen LogP contribution in [0.25, 0.3) is 0 Å². The van der Waals surface area contributed by atoms with E-state index in [1.54, 1.807) is 6.92 Å². The van der Waals surface area contributed by atoms with Gasteiger partial charge in [0.2, 0.25) is 6.79 Å². The van der Waals surface area contributed by atoms with Crippen molar-refractivity contribution in [1.82, 2.24) is 10.2 Å². The number of aryl methyl sites for hydroxylation is 1. The number of thioether (sulfide) groups is 1. The number of hydrogen-bond acceptors (Lipinski definition) is 12. The van der Waals surface area contributed by atoms with Gasteiger partial charge in [0.15, 0.2) is 23.0 Å². The summed E-state index contributed by atoms with van der Waals surface area (Å²) in [5.74, 6) is 1.20. The fourth-order valence-corrected chi connectivity index (χ4v) is 8.59. The molecule has 4 bridgehead atoms. The lowest BCUT2D eigenvalue weighted by Gasteiger charge is -2.59. The predicted octanol–water partition coefficient (Wildman–Crippen LogP) is 1.42. The van der Waals surface area contributed by atoms with Crippen molar-refractivity contribution >= 4 is 17.7 Å². The van der Waals surface area contributed by atoms with Gasteiger partial charge in [-0.3, -0.25) is 9.69 Å². The van der Waals surface area contributed by atoms with E-state index in [1.807, 2.05) is 17.9 Å². The Balaban J connectivity index is 1.50. The predicted molar refractivity (Wildman–Crippen MR) is 140 cm³/mol. The molecule has 0 aromatic heterocycles. The number of methoxy groups -OCH3 is 1. The van der Waals surface area contributed by atoms with E-state index in [0.717, 1.165) is 11.1 Å². The van der Waals surface area contributed by atoms with E-state index < -0.39 is 41.6 Å². The number of aromatic hydroxyl groups is 2. The van der Waals surface area contributed by atoms with E-state index in [9.17, 15) is 20.1 Å². The fraction of sp³-hybridized carbons (Fsp3) is 0.519. The van der Waals surface area contributed by atoms with E-state index in [4.69, 9.17) is 24.7 Å². The number of fused-ring (bicyclic) bond motifs is 9. The van der Waals surface area contributed by atoms with Crippen molar-refractivity contribution in [3.63, 3.8) is 0 Å². The molecule has 0 saturated carbocycles. The smallest absolute Gasteiger partial charge is 0.323 e. The zero-order valence-electron chi connectivity index (χ0n) is 21.8. The minimum atomic E-state index is -0.960. The zero-order chi connectivity index (χ0) is 27.3. The molecule has 2 aromatic rings. The second-order valence-electron chi connectivity index (χ2n) is 10.8. The summed E-state index contributed by atoms with van der Waals surface area (Å²) in [6.45, 7) is 3.57. The lowest BCUT2D eigenvalue weighted by Crippen LogP contribution is -2.69. The zero-order valence-corrected chi connectivity index (χ0v) is 22.6. The van der Waals surface area contributed by atoms with Gasteiger partial charge in [-0.1, -0.05) is 6.07 Å². The Morgan fingerprint density at radius 3 is 2.67 bits per heavy atom. The average molecular weight is 558 g/mol. The summed E-state index contributed by atoms with van der Waals surface area (Å²) in [5, 5.41) is 38.1. The summed E-state index contributed by atoms with van der Waals surface area (Å²) in [6.07, 6.45) is -0.480. The molecule has 0 radical (unpaired) electrons. The van der Waals surface area contributed by atoms with Gasteiger partial charge in [0.1, 0.15) is 24.6 Å². The quantitative estimate of drug-likeness (QED) is 0.322. The van der Waals surface area contributed by atoms with E-state index in [-0.39, 0.29) is 36.7 Å². The number of rotatable bonds is 1. The van der Waals surface area contributed by atoms with Gasteiger partial charge in [-0.15, -0.1) is 11.8 Å². The number of nitrogens with one attached hydrogen (secondary N) is 1. The van der Waals surface area contributed by atoms with Crippen LogP contribution >= 0.6 is 11.8 Å². The monoisotopic (exact) mass is 557 g/mol. The van der Waals surface area contributed by atoms with E-state index in [0.29, 0.717) is 45.9 Å². The molecule has 5 aliphatic rings. The lowest BCUT2D eigenvalue weighted by atomic mass is 9.74. The number of cyclic esters (lactones) is 1. The second kappa shape index (κ2) is 8.80. The van der Waals surface area contributed by atoms with Gasteiger partial charge in [0.25, 0.3) is 0 Å². The summed E-state index contributed by atoms with van der Waals surface area (Å²) in [5.41, 5.74) is 10.5. The molecule has 2 fully saturated rings. The molecule has 0 aliphatic carbocycles. The molecule has 2 saturated heterocycles. The number of nitrogens with two attached hydrogens (primary N) is 1. The molecule has 0 spiro atoms. The summed E-state index contributed by atoms with van der Waals surface area (Å²) in [6, 6.07) is -0.741. The number of nitrogens with zero attached hydrogens (tertiary/aromatic N) is 1. The van der Waals surface area contributed by atoms with Crippen molar-refractivity contribution in [2.45, 2.75) is 62.0 Å². The maximum Gasteiger partial charge on any atom is 0.323 e. The summed E-state index contributed by atoms with van der Waals surface area (Å²) < 4.78 is 22.9. The van der Waals surface area contributed by atoms with Gasteiger partial charge in [-0.05, 0) is 31.4 Å². The van der Waals surface area contributed by atoms with Gasteiger partial charge in [0.05, 0.1) is 30.5 Å². The molecular weight excluding hydrogens is 526 g/mol. The molecule has 208 valence electrons. The van der Waals surface area contributed by atoms with Crippen molar-refractivity contribution in [2.75, 3.05) is 26.3 Å². The molecule has 11 nitrogen and oxygen atoms in total. The average Bonchev–Trinajstić information content (AvgIpc) is 3.41. The first-order chi connectivity index (χ1) is 18.7. The third kappa shape index (κ3) is 3.35. The number of aliphatic hydroxyl groups excluding tert-OH is 1. The number of carbonyl (C=O) groups excluding carboxylic acids is 1. The highest BCUT2D eigenvalue weighted by atomic mass is 32.2. The number of esters is 1. The lowest BCUT2D eigenvalue weighted by molar-refractivity contribution is -0.159. The minimum Gasteiger partial charge on any atom is -0.507 e. The number of phenols is 2. The Kier molecular flexibility index (Phi) is 5.66. The van der Waals surface area contributed by atoms with Crippen molar-refractivity contribution in [3.05, 3.63) is 39.4 Å². The van der Waals surface area contributed by atoms with Gasteiger partial charge in [-0.25, -0.2) is 0 Å². The number of phenolic OH excluding ortho intramolecular Hbond substituents is 2. The Labute approximate surface area is 229 Å². The topological polar surface area (TPSA) is 156 Å². The van der Waals surface area contributed by atoms with Crippen LogP contribution in [0, 0.1) is 13.8 Å². The molecule has 7 rings (SSSR count). The van der Waals surface area contributed by atoms with E-state index >= 15 is 0 Å². The maximum atomic E-state index is 12.7. The third-order valence-electron chi connectivity index (χ3n) is 8.79.